The summed E-state index contributed by atoms with van der Waals surface area (Å²) >= 11 is -3.24. The summed E-state index contributed by atoms with van der Waals surface area (Å²) in [6.45, 7) is 1.86. The molecular weight excluding hydrogens is 619 g/mol. The summed E-state index contributed by atoms with van der Waals surface area (Å²) in [6, 6.07) is 26.5. The SMILES string of the molecule is Cc1ccc(S(=O)(=O)OI(c2ccc3ccc(=O)oc3c2)c2ccc3oc4ccccc4c(=O)c3c2)cc1. The Kier molecular flexibility index (Phi) is 6.13. The van der Waals surface area contributed by atoms with Gasteiger partial charge in [0.15, 0.2) is 0 Å². The van der Waals surface area contributed by atoms with Crippen molar-refractivity contribution in [3.8, 4) is 0 Å². The van der Waals surface area contributed by atoms with Gasteiger partial charge in [-0.25, -0.2) is 0 Å². The molecule has 0 saturated carbocycles. The first-order valence-electron chi connectivity index (χ1n) is 11.5. The molecule has 9 heteroatoms. The second-order valence-electron chi connectivity index (χ2n) is 8.58. The number of halogens is 1. The summed E-state index contributed by atoms with van der Waals surface area (Å²) in [7, 11) is -4.16. The van der Waals surface area contributed by atoms with Crippen molar-refractivity contribution in [3.63, 3.8) is 0 Å². The molecule has 6 aromatic rings. The van der Waals surface area contributed by atoms with E-state index in [9.17, 15) is 18.0 Å². The Bertz CT molecular complexity index is 2080. The van der Waals surface area contributed by atoms with E-state index in [2.05, 4.69) is 0 Å². The van der Waals surface area contributed by atoms with Crippen molar-refractivity contribution in [1.82, 2.24) is 0 Å². The summed E-state index contributed by atoms with van der Waals surface area (Å²) in [6.07, 6.45) is 0. The quantitative estimate of drug-likeness (QED) is 0.125. The predicted molar refractivity (Wildman–Crippen MR) is 153 cm³/mol. The van der Waals surface area contributed by atoms with Crippen LogP contribution in [-0.4, -0.2) is 8.42 Å². The molecule has 0 N–H and O–H groups in total. The van der Waals surface area contributed by atoms with Crippen molar-refractivity contribution in [2.75, 3.05) is 0 Å². The van der Waals surface area contributed by atoms with E-state index in [1.165, 1.54) is 18.2 Å². The van der Waals surface area contributed by atoms with E-state index in [1.54, 1.807) is 78.9 Å². The van der Waals surface area contributed by atoms with Crippen LogP contribution in [0.25, 0.3) is 32.9 Å². The Morgan fingerprint density at radius 3 is 2.18 bits per heavy atom. The molecule has 38 heavy (non-hydrogen) atoms. The van der Waals surface area contributed by atoms with Crippen LogP contribution in [0.4, 0.5) is 0 Å². The van der Waals surface area contributed by atoms with Crippen molar-refractivity contribution in [2.45, 2.75) is 11.8 Å². The predicted octanol–water partition coefficient (Wildman–Crippen LogP) is 6.23. The maximum atomic E-state index is 13.4. The van der Waals surface area contributed by atoms with E-state index >= 15 is 0 Å². The van der Waals surface area contributed by atoms with Crippen LogP contribution < -0.4 is 11.1 Å². The Labute approximate surface area is 224 Å². The summed E-state index contributed by atoms with van der Waals surface area (Å²) in [4.78, 5) is 25.2. The number of rotatable bonds is 5. The van der Waals surface area contributed by atoms with Crippen molar-refractivity contribution in [2.24, 2.45) is 0 Å². The fourth-order valence-corrected chi connectivity index (χ4v) is 11.1. The summed E-state index contributed by atoms with van der Waals surface area (Å²) in [5.74, 6) is 0. The Hall–Kier alpha value is -3.80. The second-order valence-corrected chi connectivity index (χ2v) is 15.1. The van der Waals surface area contributed by atoms with E-state index in [0.717, 1.165) is 5.56 Å². The molecule has 0 amide bonds. The van der Waals surface area contributed by atoms with Crippen molar-refractivity contribution in [3.05, 3.63) is 130 Å². The number of hydrogen-bond donors (Lipinski definition) is 0. The molecule has 4 aromatic carbocycles. The van der Waals surface area contributed by atoms with Gasteiger partial charge in [0.1, 0.15) is 0 Å². The number of fused-ring (bicyclic) bond motifs is 3. The zero-order valence-electron chi connectivity index (χ0n) is 19.9. The molecule has 0 bridgehead atoms. The van der Waals surface area contributed by atoms with Gasteiger partial charge in [0.05, 0.1) is 0 Å². The summed E-state index contributed by atoms with van der Waals surface area (Å²) in [5, 5.41) is 1.45. The average Bonchev–Trinajstić information content (AvgIpc) is 2.92. The standard InChI is InChI=1S/C29H19IO7S/c1-18-6-12-22(13-7-18)38(33,34)37-30(21-10-8-19-9-15-28(31)36-27(19)17-21)20-11-14-26-24(16-20)29(32)23-4-2-3-5-25(23)35-26/h2-17H,1H3. The van der Waals surface area contributed by atoms with E-state index in [0.29, 0.717) is 40.0 Å². The maximum absolute atomic E-state index is 13.4. The molecule has 0 fully saturated rings. The first kappa shape index (κ1) is 24.5. The van der Waals surface area contributed by atoms with Crippen molar-refractivity contribution >= 4 is 63.3 Å². The van der Waals surface area contributed by atoms with Gasteiger partial charge >= 0.3 is 225 Å². The Balaban J connectivity index is 1.55. The normalized spacial score (nSPS) is 12.3. The van der Waals surface area contributed by atoms with Crippen LogP contribution in [0.5, 0.6) is 0 Å². The Morgan fingerprint density at radius 2 is 1.37 bits per heavy atom. The van der Waals surface area contributed by atoms with Crippen LogP contribution in [0.15, 0.2) is 120 Å². The van der Waals surface area contributed by atoms with Gasteiger partial charge in [0, 0.05) is 0 Å². The van der Waals surface area contributed by atoms with E-state index in [4.69, 9.17) is 11.3 Å². The molecule has 7 nitrogen and oxygen atoms in total. The number of benzene rings is 4. The van der Waals surface area contributed by atoms with Gasteiger partial charge in [0.2, 0.25) is 0 Å². The molecule has 0 aliphatic carbocycles. The minimum absolute atomic E-state index is 0.0315. The molecule has 2 heterocycles. The monoisotopic (exact) mass is 638 g/mol. The third-order valence-corrected chi connectivity index (χ3v) is 13.2. The van der Waals surface area contributed by atoms with Gasteiger partial charge in [0.25, 0.3) is 0 Å². The fourth-order valence-electron chi connectivity index (χ4n) is 4.05. The van der Waals surface area contributed by atoms with Crippen molar-refractivity contribution < 1.29 is 19.8 Å². The van der Waals surface area contributed by atoms with Gasteiger partial charge in [-0.2, -0.15) is 0 Å². The molecule has 6 rings (SSSR count). The molecule has 0 unspecified atom stereocenters. The first-order chi connectivity index (χ1) is 18.3. The van der Waals surface area contributed by atoms with Crippen LogP contribution in [0.3, 0.4) is 0 Å². The molecular formula is C29H19IO7S. The summed E-state index contributed by atoms with van der Waals surface area (Å²) in [5.41, 5.74) is 1.36. The van der Waals surface area contributed by atoms with E-state index in [1.807, 2.05) is 6.92 Å². The van der Waals surface area contributed by atoms with Crippen LogP contribution in [0.2, 0.25) is 0 Å². The molecule has 190 valence electrons. The second kappa shape index (κ2) is 9.50. The van der Waals surface area contributed by atoms with Gasteiger partial charge in [-0.15, -0.1) is 0 Å². The topological polar surface area (TPSA) is 104 Å². The van der Waals surface area contributed by atoms with E-state index in [-0.39, 0.29) is 10.3 Å². The molecule has 0 atom stereocenters. The molecule has 0 aliphatic rings. The van der Waals surface area contributed by atoms with Crippen LogP contribution in [-0.2, 0) is 12.6 Å². The molecule has 0 spiro atoms. The summed E-state index contributed by atoms with van der Waals surface area (Å²) < 4.78 is 45.2. The average molecular weight is 638 g/mol. The van der Waals surface area contributed by atoms with Crippen LogP contribution in [0.1, 0.15) is 5.56 Å². The molecule has 0 radical (unpaired) electrons. The minimum atomic E-state index is -4.16. The van der Waals surface area contributed by atoms with Crippen molar-refractivity contribution in [1.29, 1.82) is 0 Å². The molecule has 0 aliphatic heterocycles. The van der Waals surface area contributed by atoms with Gasteiger partial charge in [-0.1, -0.05) is 0 Å². The van der Waals surface area contributed by atoms with Crippen LogP contribution in [0, 0.1) is 14.1 Å². The van der Waals surface area contributed by atoms with Gasteiger partial charge < -0.3 is 0 Å². The zero-order valence-corrected chi connectivity index (χ0v) is 22.9. The fraction of sp³-hybridized carbons (Fsp3) is 0.0345. The molecule has 2 aromatic heterocycles. The third kappa shape index (κ3) is 4.53. The number of aryl methyl sites for hydroxylation is 1. The van der Waals surface area contributed by atoms with Gasteiger partial charge in [-0.3, -0.25) is 0 Å². The van der Waals surface area contributed by atoms with Gasteiger partial charge in [-0.05, 0) is 0 Å². The third-order valence-electron chi connectivity index (χ3n) is 5.97. The van der Waals surface area contributed by atoms with Crippen LogP contribution >= 0.6 is 20.2 Å². The number of para-hydroxylation sites is 1. The zero-order chi connectivity index (χ0) is 26.4. The molecule has 0 saturated heterocycles. The Morgan fingerprint density at radius 1 is 0.684 bits per heavy atom. The first-order valence-corrected chi connectivity index (χ1v) is 15.9. The number of hydrogen-bond acceptors (Lipinski definition) is 7. The van der Waals surface area contributed by atoms with E-state index < -0.39 is 36.0 Å².